The minimum absolute atomic E-state index is 0.0165. The standard InChI is InChI=1S/C18H21ClO2/c1-3-21-17-11-7-15(8-12-17)18(19)13-6-14-4-9-16(20-2)10-5-14/h4-5,7-12,18H,3,6,13H2,1-2H3. The molecule has 0 aromatic heterocycles. The first kappa shape index (κ1) is 15.7. The van der Waals surface area contributed by atoms with E-state index in [1.165, 1.54) is 5.56 Å². The third-order valence-corrected chi connectivity index (χ3v) is 3.87. The van der Waals surface area contributed by atoms with Gasteiger partial charge < -0.3 is 9.47 Å². The average Bonchev–Trinajstić information content (AvgIpc) is 2.54. The lowest BCUT2D eigenvalue weighted by Crippen LogP contribution is -1.96. The maximum atomic E-state index is 6.48. The Morgan fingerprint density at radius 1 is 0.952 bits per heavy atom. The van der Waals surface area contributed by atoms with Crippen LogP contribution in [0.2, 0.25) is 0 Å². The molecule has 2 rings (SSSR count). The van der Waals surface area contributed by atoms with E-state index in [0.717, 1.165) is 29.9 Å². The zero-order valence-corrected chi connectivity index (χ0v) is 13.3. The highest BCUT2D eigenvalue weighted by molar-refractivity contribution is 6.20. The van der Waals surface area contributed by atoms with E-state index in [9.17, 15) is 0 Å². The second-order valence-electron chi connectivity index (χ2n) is 4.86. The fourth-order valence-electron chi connectivity index (χ4n) is 2.19. The van der Waals surface area contributed by atoms with Gasteiger partial charge in [-0.15, -0.1) is 11.6 Å². The Morgan fingerprint density at radius 3 is 2.14 bits per heavy atom. The van der Waals surface area contributed by atoms with Crippen molar-refractivity contribution in [3.8, 4) is 11.5 Å². The predicted octanol–water partition coefficient (Wildman–Crippen LogP) is 5.01. The molecule has 0 heterocycles. The van der Waals surface area contributed by atoms with E-state index in [2.05, 4.69) is 12.1 Å². The zero-order chi connectivity index (χ0) is 15.1. The van der Waals surface area contributed by atoms with Crippen LogP contribution >= 0.6 is 11.6 Å². The normalized spacial score (nSPS) is 12.0. The summed E-state index contributed by atoms with van der Waals surface area (Å²) in [5, 5.41) is 0.0165. The summed E-state index contributed by atoms with van der Waals surface area (Å²) < 4.78 is 10.6. The SMILES string of the molecule is CCOc1ccc(C(Cl)CCc2ccc(OC)cc2)cc1. The van der Waals surface area contributed by atoms with Crippen LogP contribution in [-0.4, -0.2) is 13.7 Å². The number of hydrogen-bond donors (Lipinski definition) is 0. The quantitative estimate of drug-likeness (QED) is 0.670. The molecule has 0 spiro atoms. The van der Waals surface area contributed by atoms with Crippen LogP contribution in [0.4, 0.5) is 0 Å². The van der Waals surface area contributed by atoms with Crippen LogP contribution in [0.3, 0.4) is 0 Å². The average molecular weight is 305 g/mol. The van der Waals surface area contributed by atoms with Crippen molar-refractivity contribution in [2.75, 3.05) is 13.7 Å². The van der Waals surface area contributed by atoms with Crippen LogP contribution in [0.5, 0.6) is 11.5 Å². The van der Waals surface area contributed by atoms with Gasteiger partial charge in [0, 0.05) is 0 Å². The van der Waals surface area contributed by atoms with Crippen molar-refractivity contribution in [1.29, 1.82) is 0 Å². The van der Waals surface area contributed by atoms with Gasteiger partial charge in [0.05, 0.1) is 19.1 Å². The molecule has 0 bridgehead atoms. The number of ether oxygens (including phenoxy) is 2. The zero-order valence-electron chi connectivity index (χ0n) is 12.5. The Labute approximate surface area is 131 Å². The lowest BCUT2D eigenvalue weighted by atomic mass is 10.0. The molecule has 2 nitrogen and oxygen atoms in total. The van der Waals surface area contributed by atoms with Crippen LogP contribution < -0.4 is 9.47 Å². The first-order valence-corrected chi connectivity index (χ1v) is 7.66. The molecule has 21 heavy (non-hydrogen) atoms. The maximum absolute atomic E-state index is 6.48. The number of methoxy groups -OCH3 is 1. The summed E-state index contributed by atoms with van der Waals surface area (Å²) in [6.07, 6.45) is 1.85. The summed E-state index contributed by atoms with van der Waals surface area (Å²) in [6.45, 7) is 2.66. The van der Waals surface area contributed by atoms with Crippen molar-refractivity contribution in [3.05, 3.63) is 59.7 Å². The van der Waals surface area contributed by atoms with Gasteiger partial charge >= 0.3 is 0 Å². The highest BCUT2D eigenvalue weighted by atomic mass is 35.5. The van der Waals surface area contributed by atoms with Crippen molar-refractivity contribution in [3.63, 3.8) is 0 Å². The van der Waals surface area contributed by atoms with Crippen molar-refractivity contribution in [2.45, 2.75) is 25.1 Å². The highest BCUT2D eigenvalue weighted by Gasteiger charge is 2.08. The molecule has 0 amide bonds. The summed E-state index contributed by atoms with van der Waals surface area (Å²) in [5.41, 5.74) is 2.40. The van der Waals surface area contributed by atoms with Gasteiger partial charge in [-0.25, -0.2) is 0 Å². The lowest BCUT2D eigenvalue weighted by molar-refractivity contribution is 0.340. The van der Waals surface area contributed by atoms with Gasteiger partial charge in [-0.1, -0.05) is 24.3 Å². The Bertz CT molecular complexity index is 534. The van der Waals surface area contributed by atoms with Gasteiger partial charge in [0.2, 0.25) is 0 Å². The van der Waals surface area contributed by atoms with Gasteiger partial charge in [-0.05, 0) is 55.2 Å². The topological polar surface area (TPSA) is 18.5 Å². The Balaban J connectivity index is 1.89. The predicted molar refractivity (Wildman–Crippen MR) is 87.5 cm³/mol. The van der Waals surface area contributed by atoms with E-state index < -0.39 is 0 Å². The fraction of sp³-hybridized carbons (Fsp3) is 0.333. The van der Waals surface area contributed by atoms with E-state index in [1.807, 2.05) is 43.3 Å². The third-order valence-electron chi connectivity index (χ3n) is 3.40. The van der Waals surface area contributed by atoms with Crippen molar-refractivity contribution < 1.29 is 9.47 Å². The van der Waals surface area contributed by atoms with E-state index >= 15 is 0 Å². The van der Waals surface area contributed by atoms with Crippen molar-refractivity contribution in [1.82, 2.24) is 0 Å². The Kier molecular flexibility index (Phi) is 5.94. The van der Waals surface area contributed by atoms with Crippen LogP contribution in [-0.2, 0) is 6.42 Å². The molecule has 0 saturated carbocycles. The lowest BCUT2D eigenvalue weighted by Gasteiger charge is -2.11. The number of rotatable bonds is 7. The highest BCUT2D eigenvalue weighted by Crippen LogP contribution is 2.27. The maximum Gasteiger partial charge on any atom is 0.119 e. The van der Waals surface area contributed by atoms with Gasteiger partial charge in [0.1, 0.15) is 11.5 Å². The largest absolute Gasteiger partial charge is 0.497 e. The molecule has 0 radical (unpaired) electrons. The van der Waals surface area contributed by atoms with Gasteiger partial charge in [-0.2, -0.15) is 0 Å². The van der Waals surface area contributed by atoms with Crippen LogP contribution in [0.15, 0.2) is 48.5 Å². The van der Waals surface area contributed by atoms with Gasteiger partial charge in [0.25, 0.3) is 0 Å². The Hall–Kier alpha value is -1.67. The summed E-state index contributed by atoms with van der Waals surface area (Å²) in [4.78, 5) is 0. The van der Waals surface area contributed by atoms with Gasteiger partial charge in [-0.3, -0.25) is 0 Å². The minimum Gasteiger partial charge on any atom is -0.497 e. The van der Waals surface area contributed by atoms with E-state index in [1.54, 1.807) is 7.11 Å². The molecule has 3 heteroatoms. The Morgan fingerprint density at radius 2 is 1.57 bits per heavy atom. The monoisotopic (exact) mass is 304 g/mol. The van der Waals surface area contributed by atoms with E-state index in [-0.39, 0.29) is 5.38 Å². The number of halogens is 1. The van der Waals surface area contributed by atoms with E-state index in [4.69, 9.17) is 21.1 Å². The molecule has 0 fully saturated rings. The van der Waals surface area contributed by atoms with Crippen molar-refractivity contribution >= 4 is 11.6 Å². The molecule has 2 aromatic rings. The van der Waals surface area contributed by atoms with Crippen LogP contribution in [0.25, 0.3) is 0 Å². The minimum atomic E-state index is 0.0165. The number of alkyl halides is 1. The molecule has 2 aromatic carbocycles. The third kappa shape index (κ3) is 4.68. The van der Waals surface area contributed by atoms with Gasteiger partial charge in [0.15, 0.2) is 0 Å². The first-order chi connectivity index (χ1) is 10.2. The molecule has 112 valence electrons. The first-order valence-electron chi connectivity index (χ1n) is 7.22. The molecule has 0 aliphatic carbocycles. The van der Waals surface area contributed by atoms with Crippen LogP contribution in [0.1, 0.15) is 29.8 Å². The fourth-order valence-corrected chi connectivity index (χ4v) is 2.45. The van der Waals surface area contributed by atoms with Crippen molar-refractivity contribution in [2.24, 2.45) is 0 Å². The second-order valence-corrected chi connectivity index (χ2v) is 5.38. The molecule has 1 unspecified atom stereocenters. The number of aryl methyl sites for hydroxylation is 1. The van der Waals surface area contributed by atoms with E-state index in [0.29, 0.717) is 6.61 Å². The number of hydrogen-bond acceptors (Lipinski definition) is 2. The summed E-state index contributed by atoms with van der Waals surface area (Å²) in [6, 6.07) is 16.2. The molecular formula is C18H21ClO2. The molecule has 0 N–H and O–H groups in total. The molecule has 0 saturated heterocycles. The molecule has 0 aliphatic heterocycles. The second kappa shape index (κ2) is 7.94. The molecule has 1 atom stereocenters. The molecule has 0 aliphatic rings. The summed E-state index contributed by atoms with van der Waals surface area (Å²) >= 11 is 6.48. The summed E-state index contributed by atoms with van der Waals surface area (Å²) in [7, 11) is 1.68. The summed E-state index contributed by atoms with van der Waals surface area (Å²) in [5.74, 6) is 1.77. The molecular weight excluding hydrogens is 284 g/mol. The van der Waals surface area contributed by atoms with Crippen LogP contribution in [0, 0.1) is 0 Å². The number of benzene rings is 2. The smallest absolute Gasteiger partial charge is 0.119 e.